The van der Waals surface area contributed by atoms with E-state index in [0.29, 0.717) is 25.5 Å². The molecule has 0 aliphatic carbocycles. The number of hydrogen-bond acceptors (Lipinski definition) is 7. The number of pyridine rings is 1. The SMILES string of the molecule is O=C([C@@H]1CCCO1)N1CCN(c2nc(-c3cccnc3)nc3scc(-c4ccccc4)c23)CC1. The summed E-state index contributed by atoms with van der Waals surface area (Å²) in [5.41, 5.74) is 3.19. The number of benzene rings is 1. The van der Waals surface area contributed by atoms with Gasteiger partial charge in [0.05, 0.1) is 5.39 Å². The third-order valence-corrected chi connectivity index (χ3v) is 7.39. The lowest BCUT2D eigenvalue weighted by atomic mass is 10.1. The van der Waals surface area contributed by atoms with Gasteiger partial charge in [-0.05, 0) is 30.5 Å². The third-order valence-electron chi connectivity index (χ3n) is 6.51. The Morgan fingerprint density at radius 2 is 1.82 bits per heavy atom. The number of carbonyl (C=O) groups is 1. The van der Waals surface area contributed by atoms with Crippen LogP contribution in [0, 0.1) is 0 Å². The molecular weight excluding hydrogens is 446 g/mol. The number of thiophene rings is 1. The van der Waals surface area contributed by atoms with Crippen molar-refractivity contribution in [2.45, 2.75) is 18.9 Å². The molecule has 0 N–H and O–H groups in total. The largest absolute Gasteiger partial charge is 0.368 e. The molecule has 2 aliphatic rings. The standard InChI is InChI=1S/C26H25N5O2S/c32-26(21-9-5-15-33-21)31-13-11-30(12-14-31)24-22-20(18-6-2-1-3-7-18)17-34-25(22)29-23(28-24)19-8-4-10-27-16-19/h1-4,6-8,10,16-17,21H,5,9,11-15H2/t21-/m0/s1. The molecule has 172 valence electrons. The van der Waals surface area contributed by atoms with Crippen LogP contribution in [0.5, 0.6) is 0 Å². The van der Waals surface area contributed by atoms with Crippen molar-refractivity contribution in [3.8, 4) is 22.5 Å². The Morgan fingerprint density at radius 1 is 1.00 bits per heavy atom. The molecule has 1 amide bonds. The van der Waals surface area contributed by atoms with Crippen molar-refractivity contribution in [1.29, 1.82) is 0 Å². The number of nitrogens with zero attached hydrogens (tertiary/aromatic N) is 5. The van der Waals surface area contributed by atoms with E-state index in [1.165, 1.54) is 0 Å². The van der Waals surface area contributed by atoms with E-state index < -0.39 is 0 Å². The second kappa shape index (κ2) is 9.12. The van der Waals surface area contributed by atoms with Gasteiger partial charge < -0.3 is 14.5 Å². The number of carbonyl (C=O) groups excluding carboxylic acids is 1. The molecule has 0 saturated carbocycles. The van der Waals surface area contributed by atoms with E-state index in [1.54, 1.807) is 23.7 Å². The Balaban J connectivity index is 1.37. The van der Waals surface area contributed by atoms with Gasteiger partial charge in [0.25, 0.3) is 5.91 Å². The molecule has 2 fully saturated rings. The summed E-state index contributed by atoms with van der Waals surface area (Å²) in [5.74, 6) is 1.73. The lowest BCUT2D eigenvalue weighted by Crippen LogP contribution is -2.51. The second-order valence-electron chi connectivity index (χ2n) is 8.62. The zero-order valence-electron chi connectivity index (χ0n) is 18.8. The van der Waals surface area contributed by atoms with Crippen molar-refractivity contribution in [2.24, 2.45) is 0 Å². The minimum atomic E-state index is -0.268. The van der Waals surface area contributed by atoms with Gasteiger partial charge in [0.2, 0.25) is 0 Å². The molecule has 3 aromatic heterocycles. The summed E-state index contributed by atoms with van der Waals surface area (Å²) < 4.78 is 5.63. The molecule has 8 heteroatoms. The highest BCUT2D eigenvalue weighted by Gasteiger charge is 2.31. The number of fused-ring (bicyclic) bond motifs is 1. The van der Waals surface area contributed by atoms with Crippen molar-refractivity contribution in [1.82, 2.24) is 19.9 Å². The summed E-state index contributed by atoms with van der Waals surface area (Å²) in [6.45, 7) is 3.46. The first-order valence-electron chi connectivity index (χ1n) is 11.7. The highest BCUT2D eigenvalue weighted by Crippen LogP contribution is 2.39. The normalized spacial score (nSPS) is 18.5. The van der Waals surface area contributed by atoms with Crippen LogP contribution in [0.15, 0.2) is 60.2 Å². The number of ether oxygens (including phenoxy) is 1. The van der Waals surface area contributed by atoms with Gasteiger partial charge in [-0.3, -0.25) is 9.78 Å². The smallest absolute Gasteiger partial charge is 0.251 e. The number of piperazine rings is 1. The number of anilines is 1. The van der Waals surface area contributed by atoms with Crippen molar-refractivity contribution in [2.75, 3.05) is 37.7 Å². The Kier molecular flexibility index (Phi) is 5.68. The molecule has 0 unspecified atom stereocenters. The molecule has 4 aromatic rings. The fourth-order valence-electron chi connectivity index (χ4n) is 4.72. The highest BCUT2D eigenvalue weighted by molar-refractivity contribution is 7.17. The molecule has 0 radical (unpaired) electrons. The summed E-state index contributed by atoms with van der Waals surface area (Å²) in [7, 11) is 0. The van der Waals surface area contributed by atoms with Gasteiger partial charge in [-0.25, -0.2) is 9.97 Å². The molecule has 34 heavy (non-hydrogen) atoms. The van der Waals surface area contributed by atoms with Gasteiger partial charge in [-0.1, -0.05) is 30.3 Å². The molecule has 5 heterocycles. The number of amides is 1. The van der Waals surface area contributed by atoms with E-state index in [1.807, 2.05) is 23.1 Å². The third kappa shape index (κ3) is 3.93. The lowest BCUT2D eigenvalue weighted by Gasteiger charge is -2.36. The Hall–Kier alpha value is -3.36. The highest BCUT2D eigenvalue weighted by atomic mass is 32.1. The molecular formula is C26H25N5O2S. The first kappa shape index (κ1) is 21.2. The first-order chi connectivity index (χ1) is 16.8. The summed E-state index contributed by atoms with van der Waals surface area (Å²) in [6.07, 6.45) is 5.08. The van der Waals surface area contributed by atoms with Gasteiger partial charge in [0.1, 0.15) is 16.8 Å². The van der Waals surface area contributed by atoms with Crippen LogP contribution in [0.25, 0.3) is 32.7 Å². The molecule has 7 nitrogen and oxygen atoms in total. The van der Waals surface area contributed by atoms with Gasteiger partial charge in [-0.2, -0.15) is 0 Å². The molecule has 6 rings (SSSR count). The maximum Gasteiger partial charge on any atom is 0.251 e. The maximum atomic E-state index is 12.8. The molecule has 0 bridgehead atoms. The zero-order valence-corrected chi connectivity index (χ0v) is 19.6. The molecule has 2 saturated heterocycles. The molecule has 1 aromatic carbocycles. The molecule has 1 atom stereocenters. The van der Waals surface area contributed by atoms with Crippen LogP contribution in [0.1, 0.15) is 12.8 Å². The summed E-state index contributed by atoms with van der Waals surface area (Å²) in [6, 6.07) is 14.3. The minimum absolute atomic E-state index is 0.126. The Morgan fingerprint density at radius 3 is 2.56 bits per heavy atom. The molecule has 0 spiro atoms. The average Bonchev–Trinajstić information content (AvgIpc) is 3.60. The van der Waals surface area contributed by atoms with E-state index in [0.717, 1.165) is 58.7 Å². The number of rotatable bonds is 4. The van der Waals surface area contributed by atoms with Crippen LogP contribution >= 0.6 is 11.3 Å². The maximum absolute atomic E-state index is 12.8. The van der Waals surface area contributed by atoms with E-state index in [2.05, 4.69) is 39.5 Å². The van der Waals surface area contributed by atoms with Crippen molar-refractivity contribution in [3.05, 3.63) is 60.2 Å². The van der Waals surface area contributed by atoms with Crippen molar-refractivity contribution >= 4 is 33.3 Å². The summed E-state index contributed by atoms with van der Waals surface area (Å²) in [5, 5.41) is 3.24. The van der Waals surface area contributed by atoms with Crippen molar-refractivity contribution in [3.63, 3.8) is 0 Å². The zero-order chi connectivity index (χ0) is 22.9. The summed E-state index contributed by atoms with van der Waals surface area (Å²) >= 11 is 1.64. The predicted octanol–water partition coefficient (Wildman–Crippen LogP) is 4.25. The Bertz CT molecular complexity index is 1300. The number of hydrogen-bond donors (Lipinski definition) is 0. The molecule has 2 aliphatic heterocycles. The van der Waals surface area contributed by atoms with Crippen LogP contribution in [-0.4, -0.2) is 64.6 Å². The van der Waals surface area contributed by atoms with Gasteiger partial charge >= 0.3 is 0 Å². The van der Waals surface area contributed by atoms with Gasteiger partial charge in [0, 0.05) is 61.7 Å². The quantitative estimate of drug-likeness (QED) is 0.443. The van der Waals surface area contributed by atoms with E-state index in [-0.39, 0.29) is 12.0 Å². The van der Waals surface area contributed by atoms with Gasteiger partial charge in [0.15, 0.2) is 5.82 Å². The average molecular weight is 472 g/mol. The monoisotopic (exact) mass is 471 g/mol. The van der Waals surface area contributed by atoms with E-state index in [9.17, 15) is 4.79 Å². The fourth-order valence-corrected chi connectivity index (χ4v) is 5.66. The van der Waals surface area contributed by atoms with Crippen molar-refractivity contribution < 1.29 is 9.53 Å². The van der Waals surface area contributed by atoms with Gasteiger partial charge in [-0.15, -0.1) is 11.3 Å². The summed E-state index contributed by atoms with van der Waals surface area (Å²) in [4.78, 5) is 32.3. The van der Waals surface area contributed by atoms with Crippen LogP contribution in [0.4, 0.5) is 5.82 Å². The van der Waals surface area contributed by atoms with Crippen LogP contribution in [0.2, 0.25) is 0 Å². The second-order valence-corrected chi connectivity index (χ2v) is 9.48. The van der Waals surface area contributed by atoms with Crippen LogP contribution in [0.3, 0.4) is 0 Å². The lowest BCUT2D eigenvalue weighted by molar-refractivity contribution is -0.141. The minimum Gasteiger partial charge on any atom is -0.368 e. The first-order valence-corrected chi connectivity index (χ1v) is 12.6. The van der Waals surface area contributed by atoms with E-state index in [4.69, 9.17) is 14.7 Å². The Labute approximate surface area is 202 Å². The number of aromatic nitrogens is 3. The van der Waals surface area contributed by atoms with E-state index >= 15 is 0 Å². The topological polar surface area (TPSA) is 71.5 Å². The van der Waals surface area contributed by atoms with Crippen LogP contribution in [-0.2, 0) is 9.53 Å². The van der Waals surface area contributed by atoms with Crippen LogP contribution < -0.4 is 4.90 Å². The predicted molar refractivity (Wildman–Crippen MR) is 134 cm³/mol. The fraction of sp³-hybridized carbons (Fsp3) is 0.308.